The van der Waals surface area contributed by atoms with Crippen molar-refractivity contribution in [1.29, 1.82) is 0 Å². The third-order valence-electron chi connectivity index (χ3n) is 4.07. The average Bonchev–Trinajstić information content (AvgIpc) is 2.83. The van der Waals surface area contributed by atoms with Crippen LogP contribution in [0.2, 0.25) is 0 Å². The standard InChI is InChI=1S/C22H43N3O9/c1-4-6-30-18-22(2,19-31-15-12-28-11-10-27-7-5-24-25-23)20-32-16-13-29-14-17-34-21-33-9-8-26-3/h4H,1,5-21H2,2-3H3. The number of hydrogen-bond acceptors (Lipinski definition) is 10. The summed E-state index contributed by atoms with van der Waals surface area (Å²) in [5.74, 6) is 0. The summed E-state index contributed by atoms with van der Waals surface area (Å²) in [6.07, 6.45) is 1.71. The van der Waals surface area contributed by atoms with Crippen molar-refractivity contribution < 1.29 is 42.6 Å². The van der Waals surface area contributed by atoms with Gasteiger partial charge in [0, 0.05) is 24.0 Å². The van der Waals surface area contributed by atoms with Gasteiger partial charge in [0.25, 0.3) is 0 Å². The molecule has 0 bridgehead atoms. The highest BCUT2D eigenvalue weighted by Gasteiger charge is 2.25. The predicted octanol–water partition coefficient (Wildman–Crippen LogP) is 2.23. The summed E-state index contributed by atoms with van der Waals surface area (Å²) in [4.78, 5) is 2.65. The molecule has 0 heterocycles. The first-order chi connectivity index (χ1) is 16.7. The van der Waals surface area contributed by atoms with Crippen molar-refractivity contribution >= 4 is 0 Å². The van der Waals surface area contributed by atoms with Gasteiger partial charge in [-0.3, -0.25) is 0 Å². The molecule has 0 saturated carbocycles. The average molecular weight is 494 g/mol. The number of methoxy groups -OCH3 is 1. The third-order valence-corrected chi connectivity index (χ3v) is 4.07. The van der Waals surface area contributed by atoms with E-state index < -0.39 is 0 Å². The SMILES string of the molecule is C=CCOCC(C)(COCCOCCOCCN=[N+]=[N-])COCCOCCOCOCCOC. The Balaban J connectivity index is 3.80. The van der Waals surface area contributed by atoms with Crippen LogP contribution in [-0.2, 0) is 42.6 Å². The van der Waals surface area contributed by atoms with Crippen LogP contribution in [-0.4, -0.2) is 120 Å². The zero-order valence-corrected chi connectivity index (χ0v) is 20.8. The number of rotatable bonds is 28. The van der Waals surface area contributed by atoms with Crippen molar-refractivity contribution in [3.05, 3.63) is 23.1 Å². The van der Waals surface area contributed by atoms with E-state index in [9.17, 15) is 0 Å². The summed E-state index contributed by atoms with van der Waals surface area (Å²) < 4.78 is 48.8. The van der Waals surface area contributed by atoms with E-state index in [-0.39, 0.29) is 12.2 Å². The van der Waals surface area contributed by atoms with E-state index in [1.165, 1.54) is 0 Å². The van der Waals surface area contributed by atoms with Gasteiger partial charge in [-0.25, -0.2) is 0 Å². The largest absolute Gasteiger partial charge is 0.382 e. The first-order valence-corrected chi connectivity index (χ1v) is 11.4. The molecule has 200 valence electrons. The van der Waals surface area contributed by atoms with Crippen LogP contribution >= 0.6 is 0 Å². The molecule has 34 heavy (non-hydrogen) atoms. The van der Waals surface area contributed by atoms with E-state index >= 15 is 0 Å². The lowest BCUT2D eigenvalue weighted by atomic mass is 9.94. The molecule has 0 saturated heterocycles. The van der Waals surface area contributed by atoms with Crippen LogP contribution in [0.25, 0.3) is 10.4 Å². The molecule has 0 rings (SSSR count). The van der Waals surface area contributed by atoms with Gasteiger partial charge in [0.2, 0.25) is 0 Å². The van der Waals surface area contributed by atoms with Crippen LogP contribution in [0.3, 0.4) is 0 Å². The van der Waals surface area contributed by atoms with Crippen LogP contribution in [0, 0.1) is 5.41 Å². The topological polar surface area (TPSA) is 132 Å². The van der Waals surface area contributed by atoms with Crippen molar-refractivity contribution in [3.8, 4) is 0 Å². The second kappa shape index (κ2) is 26.3. The summed E-state index contributed by atoms with van der Waals surface area (Å²) in [5.41, 5.74) is 7.86. The Morgan fingerprint density at radius 2 is 1.18 bits per heavy atom. The fourth-order valence-electron chi connectivity index (χ4n) is 2.40. The second-order valence-corrected chi connectivity index (χ2v) is 7.44. The molecule has 0 N–H and O–H groups in total. The minimum absolute atomic E-state index is 0.226. The molecule has 1 unspecified atom stereocenters. The Kier molecular flexibility index (Phi) is 25.3. The van der Waals surface area contributed by atoms with Gasteiger partial charge in [0.05, 0.1) is 99.1 Å². The van der Waals surface area contributed by atoms with Gasteiger partial charge in [0.15, 0.2) is 0 Å². The highest BCUT2D eigenvalue weighted by molar-refractivity contribution is 4.75. The minimum atomic E-state index is -0.309. The van der Waals surface area contributed by atoms with Crippen LogP contribution in [0.5, 0.6) is 0 Å². The lowest BCUT2D eigenvalue weighted by Gasteiger charge is -2.29. The Hall–Kier alpha value is -1.31. The fraction of sp³-hybridized carbons (Fsp3) is 0.909. The molecular weight excluding hydrogens is 450 g/mol. The lowest BCUT2D eigenvalue weighted by molar-refractivity contribution is -0.0877. The predicted molar refractivity (Wildman–Crippen MR) is 126 cm³/mol. The van der Waals surface area contributed by atoms with Crippen molar-refractivity contribution in [3.63, 3.8) is 0 Å². The molecule has 0 aliphatic carbocycles. The second-order valence-electron chi connectivity index (χ2n) is 7.44. The van der Waals surface area contributed by atoms with E-state index in [2.05, 4.69) is 16.6 Å². The Bertz CT molecular complexity index is 496. The minimum Gasteiger partial charge on any atom is -0.382 e. The fourth-order valence-corrected chi connectivity index (χ4v) is 2.40. The first-order valence-electron chi connectivity index (χ1n) is 11.4. The number of azide groups is 1. The maximum absolute atomic E-state index is 8.17. The monoisotopic (exact) mass is 493 g/mol. The van der Waals surface area contributed by atoms with Crippen LogP contribution in [0.15, 0.2) is 17.8 Å². The molecule has 0 amide bonds. The summed E-state index contributed by atoms with van der Waals surface area (Å²) in [6.45, 7) is 13.3. The van der Waals surface area contributed by atoms with Crippen molar-refractivity contribution in [1.82, 2.24) is 0 Å². The molecular formula is C22H43N3O9. The van der Waals surface area contributed by atoms with E-state index in [0.29, 0.717) is 106 Å². The van der Waals surface area contributed by atoms with Gasteiger partial charge in [0.1, 0.15) is 6.79 Å². The highest BCUT2D eigenvalue weighted by atomic mass is 16.7. The van der Waals surface area contributed by atoms with Crippen molar-refractivity contribution in [2.45, 2.75) is 6.92 Å². The zero-order valence-electron chi connectivity index (χ0n) is 20.8. The lowest BCUT2D eigenvalue weighted by Crippen LogP contribution is -2.35. The number of ether oxygens (including phenoxy) is 9. The molecule has 0 aromatic rings. The quantitative estimate of drug-likeness (QED) is 0.0402. The third kappa shape index (κ3) is 23.8. The molecule has 1 atom stereocenters. The van der Waals surface area contributed by atoms with Crippen molar-refractivity contribution in [2.75, 3.05) is 120 Å². The maximum Gasteiger partial charge on any atom is 0.146 e. The zero-order chi connectivity index (χ0) is 25.0. The molecule has 0 aromatic carbocycles. The van der Waals surface area contributed by atoms with Gasteiger partial charge in [-0.05, 0) is 5.53 Å². The molecule has 0 aliphatic rings. The molecule has 0 aliphatic heterocycles. The molecule has 0 radical (unpaired) electrons. The first kappa shape index (κ1) is 32.7. The Labute approximate surface area is 203 Å². The van der Waals surface area contributed by atoms with E-state index in [1.807, 2.05) is 6.92 Å². The Morgan fingerprint density at radius 3 is 1.71 bits per heavy atom. The molecule has 0 spiro atoms. The van der Waals surface area contributed by atoms with E-state index in [0.717, 1.165) is 0 Å². The van der Waals surface area contributed by atoms with Gasteiger partial charge in [-0.2, -0.15) is 0 Å². The van der Waals surface area contributed by atoms with Gasteiger partial charge in [-0.1, -0.05) is 18.1 Å². The van der Waals surface area contributed by atoms with Crippen LogP contribution in [0.1, 0.15) is 6.92 Å². The molecule has 0 aromatic heterocycles. The highest BCUT2D eigenvalue weighted by Crippen LogP contribution is 2.18. The van der Waals surface area contributed by atoms with E-state index in [1.54, 1.807) is 13.2 Å². The number of hydrogen-bond donors (Lipinski definition) is 0. The van der Waals surface area contributed by atoms with Crippen molar-refractivity contribution in [2.24, 2.45) is 10.5 Å². The van der Waals surface area contributed by atoms with E-state index in [4.69, 9.17) is 48.2 Å². The van der Waals surface area contributed by atoms with Crippen LogP contribution in [0.4, 0.5) is 0 Å². The maximum atomic E-state index is 8.17. The summed E-state index contributed by atoms with van der Waals surface area (Å²) >= 11 is 0. The molecule has 12 nitrogen and oxygen atoms in total. The van der Waals surface area contributed by atoms with Crippen LogP contribution < -0.4 is 0 Å². The molecule has 12 heteroatoms. The summed E-state index contributed by atoms with van der Waals surface area (Å²) in [6, 6.07) is 0. The Morgan fingerprint density at radius 1 is 0.706 bits per heavy atom. The smallest absolute Gasteiger partial charge is 0.146 e. The summed E-state index contributed by atoms with van der Waals surface area (Å²) in [5, 5.41) is 3.39. The normalized spacial score (nSPS) is 12.9. The van der Waals surface area contributed by atoms with Gasteiger partial charge < -0.3 is 42.6 Å². The van der Waals surface area contributed by atoms with Gasteiger partial charge in [-0.15, -0.1) is 6.58 Å². The molecule has 0 fully saturated rings. The number of nitrogens with zero attached hydrogens (tertiary/aromatic N) is 3. The summed E-state index contributed by atoms with van der Waals surface area (Å²) in [7, 11) is 1.62. The van der Waals surface area contributed by atoms with Gasteiger partial charge >= 0.3 is 0 Å².